The van der Waals surface area contributed by atoms with E-state index in [9.17, 15) is 9.59 Å². The Labute approximate surface area is 280 Å². The molecule has 2 aromatic heterocycles. The maximum absolute atomic E-state index is 13.4. The lowest BCUT2D eigenvalue weighted by Gasteiger charge is -2.34. The number of hydrogen-bond acceptors (Lipinski definition) is 9. The first-order valence-electron chi connectivity index (χ1n) is 16.6. The molecule has 2 N–H and O–H groups in total. The number of piperidine rings is 1. The van der Waals surface area contributed by atoms with Crippen molar-refractivity contribution in [3.63, 3.8) is 0 Å². The number of aromatic nitrogens is 4. The number of nitrogen functional groups attached to an aromatic ring is 1. The number of hydrogen-bond donors (Lipinski definition) is 1. The standard InChI is InChI=1S/C36H42N8O4/c1-36(2,3)48-35(46)43-22-26-19-27(43)21-41(26)17-8-12-30(45)42-18-7-9-25(20-42)44-34-31(33(37)38-23-39-34)32(40-44)24-13-15-29(16-14-24)47-28-10-5-4-6-11-28/h4-6,8,10-16,23,25-27H,7,9,17-22H2,1-3H3,(H2,37,38,39)/b12-8+/t25-,26-,27-/m0/s1. The molecule has 0 spiro atoms. The van der Waals surface area contributed by atoms with Crippen LogP contribution in [0.1, 0.15) is 46.1 Å². The van der Waals surface area contributed by atoms with E-state index in [0.29, 0.717) is 54.5 Å². The van der Waals surface area contributed by atoms with E-state index in [4.69, 9.17) is 20.3 Å². The zero-order chi connectivity index (χ0) is 33.4. The zero-order valence-electron chi connectivity index (χ0n) is 27.7. The van der Waals surface area contributed by atoms with Crippen molar-refractivity contribution in [2.45, 2.75) is 63.8 Å². The summed E-state index contributed by atoms with van der Waals surface area (Å²) in [6.07, 6.45) is 7.51. The molecule has 0 unspecified atom stereocenters. The van der Waals surface area contributed by atoms with Gasteiger partial charge in [0.15, 0.2) is 5.65 Å². The van der Waals surface area contributed by atoms with Gasteiger partial charge in [-0.1, -0.05) is 24.3 Å². The monoisotopic (exact) mass is 650 g/mol. The Morgan fingerprint density at radius 3 is 2.46 bits per heavy atom. The van der Waals surface area contributed by atoms with Crippen LogP contribution >= 0.6 is 0 Å². The SMILES string of the molecule is CC(C)(C)OC(=O)N1C[C@@H]2C[C@H]1CN2C/C=C/C(=O)N1CCC[C@H](n2nc(-c3ccc(Oc4ccccc4)cc3)c3c(N)ncnc32)C1. The van der Waals surface area contributed by atoms with E-state index >= 15 is 0 Å². The molecule has 48 heavy (non-hydrogen) atoms. The van der Waals surface area contributed by atoms with Gasteiger partial charge in [-0.3, -0.25) is 9.69 Å². The van der Waals surface area contributed by atoms with Crippen molar-refractivity contribution in [3.8, 4) is 22.8 Å². The summed E-state index contributed by atoms with van der Waals surface area (Å²) in [5.74, 6) is 1.83. The lowest BCUT2D eigenvalue weighted by atomic mass is 10.1. The third-order valence-electron chi connectivity index (χ3n) is 9.26. The second-order valence-corrected chi connectivity index (χ2v) is 13.8. The average Bonchev–Trinajstić information content (AvgIpc) is 3.79. The number of piperazine rings is 1. The molecular formula is C36H42N8O4. The van der Waals surface area contributed by atoms with Crippen LogP contribution in [0.15, 0.2) is 73.1 Å². The highest BCUT2D eigenvalue weighted by atomic mass is 16.6. The van der Waals surface area contributed by atoms with Crippen molar-refractivity contribution in [2.75, 3.05) is 38.5 Å². The second kappa shape index (κ2) is 12.9. The number of amides is 2. The summed E-state index contributed by atoms with van der Waals surface area (Å²) < 4.78 is 13.5. The summed E-state index contributed by atoms with van der Waals surface area (Å²) in [7, 11) is 0. The van der Waals surface area contributed by atoms with E-state index in [2.05, 4.69) is 14.9 Å². The number of nitrogens with two attached hydrogens (primary N) is 1. The Morgan fingerprint density at radius 1 is 0.958 bits per heavy atom. The molecule has 3 fully saturated rings. The fraction of sp³-hybridized carbons (Fsp3) is 0.417. The number of para-hydroxylation sites is 1. The highest BCUT2D eigenvalue weighted by Crippen LogP contribution is 2.35. The molecule has 4 aromatic rings. The van der Waals surface area contributed by atoms with Crippen LogP contribution in [-0.4, -0.2) is 96.9 Å². The smallest absolute Gasteiger partial charge is 0.410 e. The molecule has 3 aliphatic rings. The number of likely N-dealkylation sites (tertiary alicyclic amines) is 3. The lowest BCUT2D eigenvalue weighted by Crippen LogP contribution is -2.50. The van der Waals surface area contributed by atoms with Crippen LogP contribution in [0.25, 0.3) is 22.3 Å². The quantitative estimate of drug-likeness (QED) is 0.265. The van der Waals surface area contributed by atoms with Crippen LogP contribution < -0.4 is 10.5 Å². The van der Waals surface area contributed by atoms with Gasteiger partial charge in [-0.2, -0.15) is 5.10 Å². The Balaban J connectivity index is 1.00. The number of nitrogens with zero attached hydrogens (tertiary/aromatic N) is 7. The summed E-state index contributed by atoms with van der Waals surface area (Å²) in [5, 5.41) is 5.72. The van der Waals surface area contributed by atoms with Crippen LogP contribution in [-0.2, 0) is 9.53 Å². The van der Waals surface area contributed by atoms with E-state index in [1.807, 2.05) is 95.9 Å². The molecule has 7 rings (SSSR count). The number of fused-ring (bicyclic) bond motifs is 3. The molecule has 3 saturated heterocycles. The summed E-state index contributed by atoms with van der Waals surface area (Å²) in [6, 6.07) is 17.7. The minimum Gasteiger partial charge on any atom is -0.457 e. The molecule has 2 amide bonds. The molecule has 250 valence electrons. The topological polar surface area (TPSA) is 132 Å². The predicted octanol–water partition coefficient (Wildman–Crippen LogP) is 5.28. The molecule has 3 aliphatic heterocycles. The number of benzene rings is 2. The summed E-state index contributed by atoms with van der Waals surface area (Å²) in [4.78, 5) is 40.9. The summed E-state index contributed by atoms with van der Waals surface area (Å²) in [6.45, 7) is 8.99. The number of rotatable bonds is 7. The summed E-state index contributed by atoms with van der Waals surface area (Å²) in [5.41, 5.74) is 8.11. The molecule has 0 radical (unpaired) electrons. The average molecular weight is 651 g/mol. The van der Waals surface area contributed by atoms with Crippen LogP contribution in [0.2, 0.25) is 0 Å². The number of carbonyl (C=O) groups excluding carboxylic acids is 2. The highest BCUT2D eigenvalue weighted by Gasteiger charge is 2.46. The first-order chi connectivity index (χ1) is 23.1. The number of ether oxygens (including phenoxy) is 2. The van der Waals surface area contributed by atoms with E-state index in [-0.39, 0.29) is 30.1 Å². The van der Waals surface area contributed by atoms with Crippen molar-refractivity contribution in [2.24, 2.45) is 0 Å². The molecular weight excluding hydrogens is 608 g/mol. The Hall–Kier alpha value is -4.97. The third-order valence-corrected chi connectivity index (χ3v) is 9.26. The van der Waals surface area contributed by atoms with Gasteiger partial charge in [0.25, 0.3) is 0 Å². The minimum absolute atomic E-state index is 0.0146. The summed E-state index contributed by atoms with van der Waals surface area (Å²) >= 11 is 0. The van der Waals surface area contributed by atoms with Crippen LogP contribution in [0.3, 0.4) is 0 Å². The van der Waals surface area contributed by atoms with E-state index in [1.165, 1.54) is 6.33 Å². The predicted molar refractivity (Wildman–Crippen MR) is 182 cm³/mol. The molecule has 0 saturated carbocycles. The molecule has 12 nitrogen and oxygen atoms in total. The Kier molecular flexibility index (Phi) is 8.50. The van der Waals surface area contributed by atoms with Crippen molar-refractivity contribution < 1.29 is 19.1 Å². The Bertz CT molecular complexity index is 1820. The minimum atomic E-state index is -0.506. The van der Waals surface area contributed by atoms with Gasteiger partial charge < -0.3 is 25.0 Å². The van der Waals surface area contributed by atoms with E-state index in [1.54, 1.807) is 6.08 Å². The van der Waals surface area contributed by atoms with Crippen LogP contribution in [0, 0.1) is 0 Å². The van der Waals surface area contributed by atoms with Gasteiger partial charge in [0.1, 0.15) is 34.9 Å². The van der Waals surface area contributed by atoms with Gasteiger partial charge in [-0.15, -0.1) is 0 Å². The fourth-order valence-electron chi connectivity index (χ4n) is 7.02. The van der Waals surface area contributed by atoms with Crippen LogP contribution in [0.4, 0.5) is 10.6 Å². The van der Waals surface area contributed by atoms with Gasteiger partial charge in [-0.25, -0.2) is 19.4 Å². The lowest BCUT2D eigenvalue weighted by molar-refractivity contribution is -0.127. The fourth-order valence-corrected chi connectivity index (χ4v) is 7.02. The molecule has 2 bridgehead atoms. The van der Waals surface area contributed by atoms with E-state index < -0.39 is 5.60 Å². The van der Waals surface area contributed by atoms with Gasteiger partial charge in [0.05, 0.1) is 11.4 Å². The number of anilines is 1. The normalized spacial score (nSPS) is 21.4. The second-order valence-electron chi connectivity index (χ2n) is 13.8. The highest BCUT2D eigenvalue weighted by molar-refractivity contribution is 5.98. The van der Waals surface area contributed by atoms with Gasteiger partial charge in [-0.05, 0) is 76.4 Å². The maximum Gasteiger partial charge on any atom is 0.410 e. The Morgan fingerprint density at radius 2 is 1.73 bits per heavy atom. The molecule has 5 heterocycles. The first kappa shape index (κ1) is 31.6. The van der Waals surface area contributed by atoms with Crippen molar-refractivity contribution >= 4 is 28.9 Å². The van der Waals surface area contributed by atoms with Crippen molar-refractivity contribution in [1.29, 1.82) is 0 Å². The molecule has 3 atom stereocenters. The molecule has 12 heteroatoms. The largest absolute Gasteiger partial charge is 0.457 e. The van der Waals surface area contributed by atoms with Crippen molar-refractivity contribution in [3.05, 3.63) is 73.1 Å². The van der Waals surface area contributed by atoms with Gasteiger partial charge >= 0.3 is 6.09 Å². The zero-order valence-corrected chi connectivity index (χ0v) is 27.7. The molecule has 0 aliphatic carbocycles. The van der Waals surface area contributed by atoms with Crippen LogP contribution in [0.5, 0.6) is 11.5 Å². The van der Waals surface area contributed by atoms with Crippen molar-refractivity contribution in [1.82, 2.24) is 34.4 Å². The first-order valence-corrected chi connectivity index (χ1v) is 16.6. The number of carbonyl (C=O) groups is 2. The molecule has 2 aromatic carbocycles. The van der Waals surface area contributed by atoms with Gasteiger partial charge in [0.2, 0.25) is 5.91 Å². The maximum atomic E-state index is 13.4. The van der Waals surface area contributed by atoms with E-state index in [0.717, 1.165) is 37.1 Å². The third kappa shape index (κ3) is 6.57. The van der Waals surface area contributed by atoms with Gasteiger partial charge in [0, 0.05) is 56.4 Å².